The van der Waals surface area contributed by atoms with Crippen LogP contribution >= 0.6 is 0 Å². The van der Waals surface area contributed by atoms with Crippen LogP contribution in [0.25, 0.3) is 0 Å². The molecule has 0 aliphatic rings. The van der Waals surface area contributed by atoms with E-state index < -0.39 is 5.97 Å². The van der Waals surface area contributed by atoms with Gasteiger partial charge in [-0.2, -0.15) is 0 Å². The van der Waals surface area contributed by atoms with Crippen molar-refractivity contribution in [3.8, 4) is 0 Å². The lowest BCUT2D eigenvalue weighted by Gasteiger charge is -2.13. The maximum atomic E-state index is 12.2. The third kappa shape index (κ3) is 3.19. The monoisotopic (exact) mass is 237 g/mol. The Morgan fingerprint density at radius 1 is 1.41 bits per heavy atom. The topological polar surface area (TPSA) is 59.3 Å². The molecule has 94 valence electrons. The van der Waals surface area contributed by atoms with E-state index in [1.165, 1.54) is 0 Å². The Hall–Kier alpha value is -1.58. The first-order valence-corrected chi connectivity index (χ1v) is 5.89. The average molecular weight is 237 g/mol. The molecule has 0 radical (unpaired) electrons. The highest BCUT2D eigenvalue weighted by Gasteiger charge is 2.12. The lowest BCUT2D eigenvalue weighted by molar-refractivity contribution is -0.136. The number of aliphatic carboxylic acids is 1. The first kappa shape index (κ1) is 13.5. The lowest BCUT2D eigenvalue weighted by Crippen LogP contribution is -2.28. The number of pyridine rings is 1. The van der Waals surface area contributed by atoms with Crippen LogP contribution in [-0.4, -0.2) is 15.6 Å². The van der Waals surface area contributed by atoms with E-state index in [4.69, 9.17) is 5.11 Å². The van der Waals surface area contributed by atoms with E-state index in [1.807, 2.05) is 13.0 Å². The number of hydrogen-bond acceptors (Lipinski definition) is 2. The minimum atomic E-state index is -0.962. The Morgan fingerprint density at radius 3 is 2.59 bits per heavy atom. The summed E-state index contributed by atoms with van der Waals surface area (Å²) in [5, 5.41) is 8.80. The van der Waals surface area contributed by atoms with Crippen molar-refractivity contribution in [2.75, 3.05) is 0 Å². The van der Waals surface area contributed by atoms with Crippen molar-refractivity contribution in [3.63, 3.8) is 0 Å². The molecule has 1 N–H and O–H groups in total. The first-order valence-electron chi connectivity index (χ1n) is 5.89. The fourth-order valence-corrected chi connectivity index (χ4v) is 1.93. The zero-order valence-electron chi connectivity index (χ0n) is 10.6. The van der Waals surface area contributed by atoms with E-state index in [1.54, 1.807) is 11.5 Å². The highest BCUT2D eigenvalue weighted by atomic mass is 16.4. The van der Waals surface area contributed by atoms with Gasteiger partial charge < -0.3 is 9.67 Å². The molecule has 0 saturated heterocycles. The van der Waals surface area contributed by atoms with Crippen molar-refractivity contribution in [1.82, 2.24) is 4.57 Å². The Balaban J connectivity index is 3.22. The predicted octanol–water partition coefficient (Wildman–Crippen LogP) is 1.89. The van der Waals surface area contributed by atoms with E-state index in [0.717, 1.165) is 24.1 Å². The van der Waals surface area contributed by atoms with Crippen LogP contribution in [-0.2, 0) is 17.8 Å². The van der Waals surface area contributed by atoms with E-state index in [9.17, 15) is 9.59 Å². The molecular formula is C13H19NO3. The molecule has 0 bridgehead atoms. The molecule has 0 atom stereocenters. The van der Waals surface area contributed by atoms with Gasteiger partial charge in [0.05, 0.1) is 6.42 Å². The number of nitrogens with zero attached hydrogens (tertiary/aromatic N) is 1. The van der Waals surface area contributed by atoms with Gasteiger partial charge in [0.2, 0.25) is 0 Å². The van der Waals surface area contributed by atoms with Crippen molar-refractivity contribution in [2.45, 2.75) is 46.6 Å². The second-order valence-corrected chi connectivity index (χ2v) is 4.33. The van der Waals surface area contributed by atoms with Crippen LogP contribution in [0.5, 0.6) is 0 Å². The van der Waals surface area contributed by atoms with Gasteiger partial charge in [-0.25, -0.2) is 0 Å². The number of hydrogen-bond donors (Lipinski definition) is 1. The third-order valence-electron chi connectivity index (χ3n) is 2.89. The van der Waals surface area contributed by atoms with Gasteiger partial charge in [-0.3, -0.25) is 9.59 Å². The summed E-state index contributed by atoms with van der Waals surface area (Å²) < 4.78 is 1.68. The number of carbonyl (C=O) groups is 1. The van der Waals surface area contributed by atoms with Gasteiger partial charge in [0.25, 0.3) is 5.56 Å². The van der Waals surface area contributed by atoms with Crippen molar-refractivity contribution < 1.29 is 9.90 Å². The minimum Gasteiger partial charge on any atom is -0.481 e. The van der Waals surface area contributed by atoms with Gasteiger partial charge in [-0.15, -0.1) is 0 Å². The van der Waals surface area contributed by atoms with Gasteiger partial charge in [-0.05, 0) is 31.9 Å². The minimum absolute atomic E-state index is 0.154. The van der Waals surface area contributed by atoms with E-state index in [0.29, 0.717) is 12.1 Å². The number of aryl methyl sites for hydroxylation is 2. The number of aromatic nitrogens is 1. The van der Waals surface area contributed by atoms with E-state index in [2.05, 4.69) is 6.92 Å². The molecule has 0 fully saturated rings. The summed E-state index contributed by atoms with van der Waals surface area (Å²) >= 11 is 0. The van der Waals surface area contributed by atoms with Crippen molar-refractivity contribution in [3.05, 3.63) is 33.2 Å². The van der Waals surface area contributed by atoms with Crippen LogP contribution in [0.3, 0.4) is 0 Å². The first-order chi connectivity index (χ1) is 7.97. The molecule has 1 aromatic rings. The van der Waals surface area contributed by atoms with Gasteiger partial charge in [0.15, 0.2) is 0 Å². The summed E-state index contributed by atoms with van der Waals surface area (Å²) in [7, 11) is 0. The smallest absolute Gasteiger partial charge is 0.308 e. The van der Waals surface area contributed by atoms with E-state index >= 15 is 0 Å². The number of rotatable bonds is 5. The summed E-state index contributed by atoms with van der Waals surface area (Å²) in [6.07, 6.45) is 1.74. The SMILES string of the molecule is CCCCn1c(C)cc(C)c(CC(=O)O)c1=O. The van der Waals surface area contributed by atoms with Gasteiger partial charge in [0, 0.05) is 17.8 Å². The van der Waals surface area contributed by atoms with Gasteiger partial charge >= 0.3 is 5.97 Å². The van der Waals surface area contributed by atoms with Crippen molar-refractivity contribution in [1.29, 1.82) is 0 Å². The van der Waals surface area contributed by atoms with Gasteiger partial charge in [-0.1, -0.05) is 13.3 Å². The zero-order chi connectivity index (χ0) is 13.0. The lowest BCUT2D eigenvalue weighted by atomic mass is 10.1. The molecule has 0 saturated carbocycles. The number of carboxylic acids is 1. The summed E-state index contributed by atoms with van der Waals surface area (Å²) in [5.74, 6) is -0.962. The standard InChI is InChI=1S/C13H19NO3/c1-4-5-6-14-10(3)7-9(2)11(13(14)17)8-12(15)16/h7H,4-6,8H2,1-3H3,(H,15,16). The molecule has 0 aliphatic heterocycles. The fourth-order valence-electron chi connectivity index (χ4n) is 1.93. The summed E-state index contributed by atoms with van der Waals surface area (Å²) in [4.78, 5) is 22.9. The number of carboxylic acid groups (broad SMARTS) is 1. The largest absolute Gasteiger partial charge is 0.481 e. The van der Waals surface area contributed by atoms with Crippen molar-refractivity contribution in [2.24, 2.45) is 0 Å². The Bertz CT molecular complexity index is 474. The van der Waals surface area contributed by atoms with Crippen LogP contribution in [0.2, 0.25) is 0 Å². The molecule has 1 aromatic heterocycles. The Labute approximate surface area is 101 Å². The summed E-state index contributed by atoms with van der Waals surface area (Å²) in [5.41, 5.74) is 1.91. The van der Waals surface area contributed by atoms with Crippen LogP contribution < -0.4 is 5.56 Å². The molecule has 0 spiro atoms. The third-order valence-corrected chi connectivity index (χ3v) is 2.89. The van der Waals surface area contributed by atoms with Crippen LogP contribution in [0.4, 0.5) is 0 Å². The molecule has 0 aliphatic carbocycles. The molecule has 0 amide bonds. The quantitative estimate of drug-likeness (QED) is 0.850. The number of unbranched alkanes of at least 4 members (excludes halogenated alkanes) is 1. The normalized spacial score (nSPS) is 10.5. The maximum absolute atomic E-state index is 12.2. The van der Waals surface area contributed by atoms with Crippen LogP contribution in [0.1, 0.15) is 36.6 Å². The van der Waals surface area contributed by atoms with Gasteiger partial charge in [0.1, 0.15) is 0 Å². The molecule has 1 rings (SSSR count). The average Bonchev–Trinajstić information content (AvgIpc) is 2.23. The zero-order valence-corrected chi connectivity index (χ0v) is 10.6. The Kier molecular flexibility index (Phi) is 4.49. The fraction of sp³-hybridized carbons (Fsp3) is 0.538. The molecule has 1 heterocycles. The highest BCUT2D eigenvalue weighted by Crippen LogP contribution is 2.08. The van der Waals surface area contributed by atoms with E-state index in [-0.39, 0.29) is 12.0 Å². The molecule has 0 unspecified atom stereocenters. The summed E-state index contributed by atoms with van der Waals surface area (Å²) in [6.45, 7) is 6.40. The second kappa shape index (κ2) is 5.66. The molecular weight excluding hydrogens is 218 g/mol. The Morgan fingerprint density at radius 2 is 2.06 bits per heavy atom. The molecule has 4 heteroatoms. The summed E-state index contributed by atoms with van der Waals surface area (Å²) in [6, 6.07) is 1.88. The highest BCUT2D eigenvalue weighted by molar-refractivity contribution is 5.70. The molecule has 4 nitrogen and oxygen atoms in total. The van der Waals surface area contributed by atoms with Crippen molar-refractivity contribution >= 4 is 5.97 Å². The molecule has 0 aromatic carbocycles. The van der Waals surface area contributed by atoms with Crippen LogP contribution in [0, 0.1) is 13.8 Å². The molecule has 17 heavy (non-hydrogen) atoms. The predicted molar refractivity (Wildman–Crippen MR) is 66.4 cm³/mol. The second-order valence-electron chi connectivity index (χ2n) is 4.33. The maximum Gasteiger partial charge on any atom is 0.308 e. The van der Waals surface area contributed by atoms with Crippen LogP contribution in [0.15, 0.2) is 10.9 Å².